The second-order valence-electron chi connectivity index (χ2n) is 8.80. The van der Waals surface area contributed by atoms with Crippen LogP contribution in [0.4, 0.5) is 5.82 Å². The number of rotatable bonds is 4. The zero-order valence-corrected chi connectivity index (χ0v) is 18.4. The highest BCUT2D eigenvalue weighted by molar-refractivity contribution is 5.99. The Morgan fingerprint density at radius 1 is 1.33 bits per heavy atom. The Balaban J connectivity index is 1.45. The number of carbonyl (C=O) groups excluding carboxylic acids is 1. The molecule has 0 saturated carbocycles. The van der Waals surface area contributed by atoms with Crippen molar-refractivity contribution >= 4 is 22.8 Å². The van der Waals surface area contributed by atoms with Gasteiger partial charge in [-0.15, -0.1) is 0 Å². The number of hydrogen-bond acceptors (Lipinski definition) is 9. The number of nitrogens with one attached hydrogen (secondary N) is 2. The minimum Gasteiger partial charge on any atom is -0.387 e. The molecule has 2 fully saturated rings. The summed E-state index contributed by atoms with van der Waals surface area (Å²) in [7, 11) is 1.80. The number of amides is 1. The zero-order valence-electron chi connectivity index (χ0n) is 18.4. The maximum atomic E-state index is 12.9. The van der Waals surface area contributed by atoms with E-state index in [1.807, 2.05) is 6.07 Å². The van der Waals surface area contributed by atoms with Gasteiger partial charge in [-0.3, -0.25) is 9.48 Å². The van der Waals surface area contributed by atoms with Crippen molar-refractivity contribution in [1.29, 1.82) is 0 Å². The lowest BCUT2D eigenvalue weighted by Crippen LogP contribution is -2.51. The number of aryl methyl sites for hydroxylation is 1. The maximum absolute atomic E-state index is 12.9. The van der Waals surface area contributed by atoms with E-state index in [2.05, 4.69) is 32.6 Å². The van der Waals surface area contributed by atoms with Crippen molar-refractivity contribution in [3.63, 3.8) is 0 Å². The molecule has 12 nitrogen and oxygen atoms in total. The molecule has 5 heterocycles. The van der Waals surface area contributed by atoms with E-state index in [4.69, 9.17) is 10.5 Å². The van der Waals surface area contributed by atoms with Crippen molar-refractivity contribution in [2.45, 2.75) is 56.4 Å². The largest absolute Gasteiger partial charge is 0.387 e. The Morgan fingerprint density at radius 2 is 2.15 bits per heavy atom. The number of fused-ring (bicyclic) bond motifs is 1. The lowest BCUT2D eigenvalue weighted by molar-refractivity contribution is -0.138. The van der Waals surface area contributed by atoms with Gasteiger partial charge in [-0.25, -0.2) is 9.97 Å². The summed E-state index contributed by atoms with van der Waals surface area (Å²) >= 11 is 0. The van der Waals surface area contributed by atoms with Crippen LogP contribution in [0.5, 0.6) is 0 Å². The summed E-state index contributed by atoms with van der Waals surface area (Å²) in [6.45, 7) is 2.86. The molecule has 176 valence electrons. The van der Waals surface area contributed by atoms with Crippen LogP contribution in [0.15, 0.2) is 24.8 Å². The number of nitrogens with zero attached hydrogens (tertiary/aromatic N) is 5. The first-order valence-corrected chi connectivity index (χ1v) is 11.0. The molecule has 1 amide bonds. The highest BCUT2D eigenvalue weighted by Crippen LogP contribution is 2.38. The van der Waals surface area contributed by atoms with E-state index < -0.39 is 30.4 Å². The zero-order chi connectivity index (χ0) is 23.3. The van der Waals surface area contributed by atoms with Gasteiger partial charge in [-0.1, -0.05) is 0 Å². The Morgan fingerprint density at radius 3 is 2.88 bits per heavy atom. The van der Waals surface area contributed by atoms with Crippen LogP contribution >= 0.6 is 0 Å². The number of nitrogens with two attached hydrogens (primary N) is 1. The minimum absolute atomic E-state index is 0.0172. The summed E-state index contributed by atoms with van der Waals surface area (Å²) in [5.41, 5.74) is 7.86. The van der Waals surface area contributed by atoms with Crippen LogP contribution < -0.4 is 16.4 Å². The maximum Gasteiger partial charge on any atom is 0.252 e. The molecule has 6 N–H and O–H groups in total. The van der Waals surface area contributed by atoms with Crippen LogP contribution in [0, 0.1) is 0 Å². The van der Waals surface area contributed by atoms with Crippen molar-refractivity contribution in [2.75, 3.05) is 12.3 Å². The molecule has 3 aromatic heterocycles. The number of ether oxygens (including phenoxy) is 1. The van der Waals surface area contributed by atoms with Crippen LogP contribution in [-0.4, -0.2) is 77.4 Å². The molecular weight excluding hydrogens is 428 g/mol. The number of aromatic nitrogens is 5. The van der Waals surface area contributed by atoms with Gasteiger partial charge in [-0.2, -0.15) is 5.10 Å². The van der Waals surface area contributed by atoms with Gasteiger partial charge in [0, 0.05) is 37.1 Å². The predicted octanol–water partition coefficient (Wildman–Crippen LogP) is -0.710. The molecule has 0 aromatic carbocycles. The third-order valence-electron chi connectivity index (χ3n) is 6.37. The SMILES string of the molecule is C[C@H]1C[C@H](NC(=O)[C@H]2O[C@@H](n3cc(-c4ccn(C)n4)c4c(N)ncnc43)[C@H](O)[C@@H]2O)CCN1. The van der Waals surface area contributed by atoms with E-state index in [1.54, 1.807) is 28.7 Å². The number of nitrogen functional groups attached to an aromatic ring is 1. The first-order chi connectivity index (χ1) is 15.8. The summed E-state index contributed by atoms with van der Waals surface area (Å²) in [6, 6.07) is 2.09. The molecule has 2 saturated heterocycles. The fourth-order valence-electron chi connectivity index (χ4n) is 4.71. The molecule has 2 aliphatic rings. The van der Waals surface area contributed by atoms with E-state index in [1.165, 1.54) is 6.33 Å². The van der Waals surface area contributed by atoms with Crippen molar-refractivity contribution in [1.82, 2.24) is 34.9 Å². The van der Waals surface area contributed by atoms with Crippen LogP contribution in [-0.2, 0) is 16.6 Å². The average molecular weight is 457 g/mol. The van der Waals surface area contributed by atoms with Crippen LogP contribution in [0.25, 0.3) is 22.3 Å². The van der Waals surface area contributed by atoms with Crippen molar-refractivity contribution in [3.05, 3.63) is 24.8 Å². The molecule has 12 heteroatoms. The van der Waals surface area contributed by atoms with Gasteiger partial charge in [0.05, 0.1) is 11.1 Å². The molecule has 2 aliphatic heterocycles. The summed E-state index contributed by atoms with van der Waals surface area (Å²) in [6.07, 6.45) is 1.38. The number of aliphatic hydroxyl groups is 2. The molecular formula is C21H28N8O4. The molecule has 0 radical (unpaired) electrons. The number of aliphatic hydroxyl groups excluding tert-OH is 2. The molecule has 0 aliphatic carbocycles. The predicted molar refractivity (Wildman–Crippen MR) is 119 cm³/mol. The van der Waals surface area contributed by atoms with E-state index in [9.17, 15) is 15.0 Å². The normalized spacial score (nSPS) is 30.1. The standard InChI is InChI=1S/C21H28N8O4/c1-10-7-11(3-5-23-10)26-20(32)17-15(30)16(31)21(33-17)29-8-12(13-4-6-28(2)27-13)14-18(22)24-9-25-19(14)29/h4,6,8-11,15-17,21,23,30-31H,3,5,7H2,1-2H3,(H,26,32)(H2,22,24,25)/t10-,11+,15-,16+,17-,21+/m0/s1. The second kappa shape index (κ2) is 8.37. The Kier molecular flexibility index (Phi) is 5.52. The highest BCUT2D eigenvalue weighted by atomic mass is 16.6. The highest BCUT2D eigenvalue weighted by Gasteiger charge is 2.48. The van der Waals surface area contributed by atoms with Crippen LogP contribution in [0.3, 0.4) is 0 Å². The fourth-order valence-corrected chi connectivity index (χ4v) is 4.71. The fraction of sp³-hybridized carbons (Fsp3) is 0.524. The minimum atomic E-state index is -1.40. The monoisotopic (exact) mass is 456 g/mol. The number of carbonyl (C=O) groups is 1. The lowest BCUT2D eigenvalue weighted by Gasteiger charge is -2.29. The van der Waals surface area contributed by atoms with Gasteiger partial charge in [0.15, 0.2) is 12.3 Å². The molecule has 0 bridgehead atoms. The van der Waals surface area contributed by atoms with Gasteiger partial charge in [0.2, 0.25) is 0 Å². The second-order valence-corrected chi connectivity index (χ2v) is 8.80. The molecule has 33 heavy (non-hydrogen) atoms. The first kappa shape index (κ1) is 21.8. The third-order valence-corrected chi connectivity index (χ3v) is 6.37. The first-order valence-electron chi connectivity index (χ1n) is 11.0. The third kappa shape index (κ3) is 3.84. The van der Waals surface area contributed by atoms with Crippen molar-refractivity contribution < 1.29 is 19.7 Å². The summed E-state index contributed by atoms with van der Waals surface area (Å²) in [5.74, 6) is -0.194. The quantitative estimate of drug-likeness (QED) is 0.341. The Bertz CT molecular complexity index is 1180. The lowest BCUT2D eigenvalue weighted by atomic mass is 10.00. The van der Waals surface area contributed by atoms with E-state index >= 15 is 0 Å². The van der Waals surface area contributed by atoms with Gasteiger partial charge >= 0.3 is 0 Å². The van der Waals surface area contributed by atoms with E-state index in [0.717, 1.165) is 19.4 Å². The van der Waals surface area contributed by atoms with Crippen molar-refractivity contribution in [2.24, 2.45) is 7.05 Å². The van der Waals surface area contributed by atoms with Crippen LogP contribution in [0.2, 0.25) is 0 Å². The number of piperidine rings is 1. The van der Waals surface area contributed by atoms with Crippen molar-refractivity contribution in [3.8, 4) is 11.3 Å². The van der Waals surface area contributed by atoms with Gasteiger partial charge in [0.1, 0.15) is 30.0 Å². The Hall–Kier alpha value is -3.06. The molecule has 5 rings (SSSR count). The molecule has 0 spiro atoms. The van der Waals surface area contributed by atoms with Gasteiger partial charge in [0.25, 0.3) is 5.91 Å². The number of hydrogen-bond donors (Lipinski definition) is 5. The number of anilines is 1. The molecule has 6 atom stereocenters. The van der Waals surface area contributed by atoms with E-state index in [0.29, 0.717) is 28.3 Å². The van der Waals surface area contributed by atoms with E-state index in [-0.39, 0.29) is 11.9 Å². The molecule has 0 unspecified atom stereocenters. The topological polar surface area (TPSA) is 165 Å². The van der Waals surface area contributed by atoms with Gasteiger partial charge in [-0.05, 0) is 32.4 Å². The van der Waals surface area contributed by atoms with Crippen LogP contribution in [0.1, 0.15) is 26.0 Å². The summed E-state index contributed by atoms with van der Waals surface area (Å²) < 4.78 is 9.15. The average Bonchev–Trinajstić information content (AvgIpc) is 3.45. The molecule has 3 aromatic rings. The summed E-state index contributed by atoms with van der Waals surface area (Å²) in [4.78, 5) is 21.3. The smallest absolute Gasteiger partial charge is 0.252 e. The van der Waals surface area contributed by atoms with Gasteiger partial charge < -0.3 is 35.9 Å². The Labute approximate surface area is 189 Å². The summed E-state index contributed by atoms with van der Waals surface area (Å²) in [5, 5.41) is 32.7.